The molecule has 0 spiro atoms. The molecule has 2 heterocycles. The van der Waals surface area contributed by atoms with Crippen LogP contribution in [0.4, 0.5) is 5.82 Å². The van der Waals surface area contributed by atoms with E-state index in [-0.39, 0.29) is 5.91 Å². The molecule has 2 aromatic heterocycles. The number of pyridine rings is 1. The fourth-order valence-electron chi connectivity index (χ4n) is 4.23. The van der Waals surface area contributed by atoms with Gasteiger partial charge in [-0.05, 0) is 47.9 Å². The van der Waals surface area contributed by atoms with Gasteiger partial charge >= 0.3 is 0 Å². The third kappa shape index (κ3) is 5.64. The third-order valence-corrected chi connectivity index (χ3v) is 6.19. The summed E-state index contributed by atoms with van der Waals surface area (Å²) in [6.45, 7) is 3.32. The predicted molar refractivity (Wildman–Crippen MR) is 149 cm³/mol. The van der Waals surface area contributed by atoms with Gasteiger partial charge in [-0.25, -0.2) is 9.97 Å². The molecule has 0 aliphatic heterocycles. The number of unbranched alkanes of at least 4 members (excludes halogenated alkanes) is 1. The van der Waals surface area contributed by atoms with Gasteiger partial charge in [0, 0.05) is 23.9 Å². The average molecular weight is 488 g/mol. The highest BCUT2D eigenvalue weighted by Crippen LogP contribution is 2.34. The van der Waals surface area contributed by atoms with Crippen LogP contribution in [0.2, 0.25) is 0 Å². The molecule has 0 fully saturated rings. The summed E-state index contributed by atoms with van der Waals surface area (Å²) in [5, 5.41) is 7.42. The van der Waals surface area contributed by atoms with E-state index in [0.717, 1.165) is 51.9 Å². The molecular weight excluding hydrogens is 458 g/mol. The van der Waals surface area contributed by atoms with Gasteiger partial charge in [-0.1, -0.05) is 74.0 Å². The van der Waals surface area contributed by atoms with Crippen molar-refractivity contribution in [3.63, 3.8) is 0 Å². The number of aromatic nitrogens is 3. The molecule has 2 N–H and O–H groups in total. The van der Waals surface area contributed by atoms with Crippen LogP contribution in [0.25, 0.3) is 33.4 Å². The molecule has 37 heavy (non-hydrogen) atoms. The second-order valence-corrected chi connectivity index (χ2v) is 8.82. The quantitative estimate of drug-likeness (QED) is 0.232. The maximum absolute atomic E-state index is 12.4. The first kappa shape index (κ1) is 24.1. The van der Waals surface area contributed by atoms with E-state index in [2.05, 4.69) is 40.7 Å². The van der Waals surface area contributed by atoms with Gasteiger partial charge in [-0.15, -0.1) is 0 Å². The lowest BCUT2D eigenvalue weighted by molar-refractivity contribution is 0.0953. The van der Waals surface area contributed by atoms with Crippen molar-refractivity contribution in [2.45, 2.75) is 26.3 Å². The van der Waals surface area contributed by atoms with Crippen LogP contribution in [0.5, 0.6) is 0 Å². The van der Waals surface area contributed by atoms with Crippen LogP contribution < -0.4 is 10.6 Å². The lowest BCUT2D eigenvalue weighted by Gasteiger charge is -2.14. The number of fused-ring (bicyclic) bond motifs is 1. The van der Waals surface area contributed by atoms with Crippen molar-refractivity contribution < 1.29 is 4.79 Å². The number of amides is 1. The monoisotopic (exact) mass is 487 g/mol. The van der Waals surface area contributed by atoms with Crippen molar-refractivity contribution in [1.29, 1.82) is 0 Å². The molecule has 5 aromatic rings. The predicted octanol–water partition coefficient (Wildman–Crippen LogP) is 6.50. The summed E-state index contributed by atoms with van der Waals surface area (Å²) in [7, 11) is 0. The molecule has 0 aliphatic carbocycles. The van der Waals surface area contributed by atoms with Crippen molar-refractivity contribution in [2.24, 2.45) is 0 Å². The molecule has 6 heteroatoms. The fourth-order valence-corrected chi connectivity index (χ4v) is 4.23. The lowest BCUT2D eigenvalue weighted by atomic mass is 10.0. The van der Waals surface area contributed by atoms with Gasteiger partial charge in [0.05, 0.1) is 23.1 Å². The minimum absolute atomic E-state index is 0.0651. The third-order valence-electron chi connectivity index (χ3n) is 6.19. The Hall–Kier alpha value is -4.58. The van der Waals surface area contributed by atoms with Crippen LogP contribution >= 0.6 is 0 Å². The van der Waals surface area contributed by atoms with Crippen LogP contribution in [0, 0.1) is 0 Å². The van der Waals surface area contributed by atoms with Crippen LogP contribution in [-0.4, -0.2) is 27.4 Å². The highest BCUT2D eigenvalue weighted by atomic mass is 16.1. The molecule has 184 valence electrons. The zero-order chi connectivity index (χ0) is 25.5. The van der Waals surface area contributed by atoms with Crippen LogP contribution in [0.3, 0.4) is 0 Å². The molecule has 0 radical (unpaired) electrons. The van der Waals surface area contributed by atoms with Gasteiger partial charge < -0.3 is 10.6 Å². The number of benzene rings is 3. The topological polar surface area (TPSA) is 79.8 Å². The average Bonchev–Trinajstić information content (AvgIpc) is 2.96. The van der Waals surface area contributed by atoms with E-state index in [9.17, 15) is 4.79 Å². The fraction of sp³-hybridized carbons (Fsp3) is 0.161. The van der Waals surface area contributed by atoms with E-state index in [1.54, 1.807) is 6.20 Å². The summed E-state index contributed by atoms with van der Waals surface area (Å²) in [6.07, 6.45) is 3.80. The maximum Gasteiger partial charge on any atom is 0.251 e. The molecule has 0 aliphatic rings. The first-order valence-electron chi connectivity index (χ1n) is 12.6. The molecule has 3 aromatic carbocycles. The molecule has 0 bridgehead atoms. The second-order valence-electron chi connectivity index (χ2n) is 8.82. The highest BCUT2D eigenvalue weighted by Gasteiger charge is 2.15. The largest absolute Gasteiger partial charge is 0.364 e. The molecule has 0 saturated heterocycles. The molecular formula is C31H29N5O. The number of anilines is 1. The van der Waals surface area contributed by atoms with Crippen LogP contribution in [0.15, 0.2) is 97.2 Å². The molecule has 0 saturated carbocycles. The van der Waals surface area contributed by atoms with Crippen molar-refractivity contribution in [3.8, 4) is 22.5 Å². The first-order valence-corrected chi connectivity index (χ1v) is 12.6. The standard InChI is InChI=1S/C31H29N5O/c1-2-3-19-33-31(37)24-17-15-23(16-18-24)29-35-27-14-9-13-26(22-10-5-4-6-11-22)28(27)30(36-29)34-21-25-12-7-8-20-32-25/h4-18,20H,2-3,19,21H2,1H3,(H,33,37)(H,34,35,36). The summed E-state index contributed by atoms with van der Waals surface area (Å²) < 4.78 is 0. The maximum atomic E-state index is 12.4. The summed E-state index contributed by atoms with van der Waals surface area (Å²) in [5.41, 5.74) is 5.40. The Morgan fingerprint density at radius 1 is 0.811 bits per heavy atom. The number of rotatable bonds is 9. The summed E-state index contributed by atoms with van der Waals surface area (Å²) in [6, 6.07) is 29.7. The Morgan fingerprint density at radius 3 is 2.38 bits per heavy atom. The van der Waals surface area contributed by atoms with Crippen molar-refractivity contribution >= 4 is 22.6 Å². The summed E-state index contributed by atoms with van der Waals surface area (Å²) in [4.78, 5) is 26.7. The molecule has 0 unspecified atom stereocenters. The van der Waals surface area contributed by atoms with Gasteiger partial charge in [0.1, 0.15) is 5.82 Å². The summed E-state index contributed by atoms with van der Waals surface area (Å²) >= 11 is 0. The number of carbonyl (C=O) groups excluding carboxylic acids is 1. The number of hydrogen-bond acceptors (Lipinski definition) is 5. The number of nitrogens with zero attached hydrogens (tertiary/aromatic N) is 3. The van der Waals surface area contributed by atoms with E-state index >= 15 is 0 Å². The normalized spacial score (nSPS) is 10.8. The number of hydrogen-bond donors (Lipinski definition) is 2. The van der Waals surface area contributed by atoms with E-state index < -0.39 is 0 Å². The Balaban J connectivity index is 1.53. The lowest BCUT2D eigenvalue weighted by Crippen LogP contribution is -2.24. The SMILES string of the molecule is CCCCNC(=O)c1ccc(-c2nc(NCc3ccccn3)c3c(-c4ccccc4)cccc3n2)cc1. The number of carbonyl (C=O) groups is 1. The Morgan fingerprint density at radius 2 is 1.62 bits per heavy atom. The Kier molecular flexibility index (Phi) is 7.46. The zero-order valence-corrected chi connectivity index (χ0v) is 20.8. The first-order chi connectivity index (χ1) is 18.2. The highest BCUT2D eigenvalue weighted by molar-refractivity contribution is 6.02. The molecule has 0 atom stereocenters. The molecule has 1 amide bonds. The Labute approximate surface area is 216 Å². The van der Waals surface area contributed by atoms with E-state index in [1.807, 2.05) is 72.8 Å². The van der Waals surface area contributed by atoms with Gasteiger partial charge in [0.15, 0.2) is 5.82 Å². The van der Waals surface area contributed by atoms with Crippen molar-refractivity contribution in [1.82, 2.24) is 20.3 Å². The van der Waals surface area contributed by atoms with Gasteiger partial charge in [-0.2, -0.15) is 0 Å². The summed E-state index contributed by atoms with van der Waals surface area (Å²) in [5.74, 6) is 1.27. The van der Waals surface area contributed by atoms with Crippen molar-refractivity contribution in [2.75, 3.05) is 11.9 Å². The van der Waals surface area contributed by atoms with Gasteiger partial charge in [0.25, 0.3) is 5.91 Å². The minimum atomic E-state index is -0.0651. The Bertz CT molecular complexity index is 1490. The van der Waals surface area contributed by atoms with Crippen molar-refractivity contribution in [3.05, 3.63) is 108 Å². The van der Waals surface area contributed by atoms with E-state index in [1.165, 1.54) is 0 Å². The number of nitrogens with one attached hydrogen (secondary N) is 2. The van der Waals surface area contributed by atoms with E-state index in [0.29, 0.717) is 24.5 Å². The van der Waals surface area contributed by atoms with Crippen LogP contribution in [0.1, 0.15) is 35.8 Å². The van der Waals surface area contributed by atoms with Gasteiger partial charge in [0.2, 0.25) is 0 Å². The second kappa shape index (κ2) is 11.4. The smallest absolute Gasteiger partial charge is 0.251 e. The van der Waals surface area contributed by atoms with E-state index in [4.69, 9.17) is 9.97 Å². The van der Waals surface area contributed by atoms with Crippen LogP contribution in [-0.2, 0) is 6.54 Å². The van der Waals surface area contributed by atoms with Gasteiger partial charge in [-0.3, -0.25) is 9.78 Å². The zero-order valence-electron chi connectivity index (χ0n) is 20.8. The molecule has 6 nitrogen and oxygen atoms in total. The molecule has 5 rings (SSSR count). The minimum Gasteiger partial charge on any atom is -0.364 e.